The molecule has 1 saturated heterocycles. The standard InChI is InChI=1S/C12H16ClN3O2/c1-8-5-9(11(17)18-2)7-16(6-8)10-3-4-14-12(13)15-10/h3-4,8-9H,5-7H2,1-2H3/t8?,9-/m0/s1. The van der Waals surface area contributed by atoms with Crippen molar-refractivity contribution in [3.05, 3.63) is 17.5 Å². The van der Waals surface area contributed by atoms with Gasteiger partial charge >= 0.3 is 5.97 Å². The van der Waals surface area contributed by atoms with Gasteiger partial charge in [-0.1, -0.05) is 6.92 Å². The highest BCUT2D eigenvalue weighted by molar-refractivity contribution is 6.28. The fourth-order valence-electron chi connectivity index (χ4n) is 2.38. The minimum Gasteiger partial charge on any atom is -0.469 e. The molecule has 98 valence electrons. The molecule has 5 nitrogen and oxygen atoms in total. The number of aromatic nitrogens is 2. The summed E-state index contributed by atoms with van der Waals surface area (Å²) in [5.41, 5.74) is 0. The summed E-state index contributed by atoms with van der Waals surface area (Å²) in [6, 6.07) is 1.80. The van der Waals surface area contributed by atoms with E-state index >= 15 is 0 Å². The van der Waals surface area contributed by atoms with Crippen LogP contribution in [0.25, 0.3) is 0 Å². The van der Waals surface area contributed by atoms with Crippen LogP contribution >= 0.6 is 11.6 Å². The van der Waals surface area contributed by atoms with Crippen LogP contribution in [0.15, 0.2) is 12.3 Å². The van der Waals surface area contributed by atoms with Gasteiger partial charge in [0.25, 0.3) is 0 Å². The van der Waals surface area contributed by atoms with Gasteiger partial charge in [0.05, 0.1) is 13.0 Å². The van der Waals surface area contributed by atoms with Gasteiger partial charge in [-0.15, -0.1) is 0 Å². The van der Waals surface area contributed by atoms with Gasteiger partial charge in [-0.3, -0.25) is 4.79 Å². The van der Waals surface area contributed by atoms with Gasteiger partial charge in [-0.2, -0.15) is 0 Å². The van der Waals surface area contributed by atoms with Crippen LogP contribution in [0.2, 0.25) is 5.28 Å². The van der Waals surface area contributed by atoms with E-state index in [2.05, 4.69) is 21.8 Å². The lowest BCUT2D eigenvalue weighted by atomic mass is 9.90. The van der Waals surface area contributed by atoms with E-state index in [1.54, 1.807) is 12.3 Å². The largest absolute Gasteiger partial charge is 0.469 e. The quantitative estimate of drug-likeness (QED) is 0.605. The highest BCUT2D eigenvalue weighted by Gasteiger charge is 2.30. The summed E-state index contributed by atoms with van der Waals surface area (Å²) < 4.78 is 4.82. The summed E-state index contributed by atoms with van der Waals surface area (Å²) in [6.45, 7) is 3.59. The van der Waals surface area contributed by atoms with Crippen molar-refractivity contribution < 1.29 is 9.53 Å². The van der Waals surface area contributed by atoms with Gasteiger partial charge in [0.15, 0.2) is 0 Å². The number of hydrogen-bond donors (Lipinski definition) is 0. The number of carbonyl (C=O) groups is 1. The first kappa shape index (κ1) is 13.1. The van der Waals surface area contributed by atoms with Crippen LogP contribution < -0.4 is 4.90 Å². The Hall–Kier alpha value is -1.36. The Morgan fingerprint density at radius 2 is 2.33 bits per heavy atom. The molecule has 18 heavy (non-hydrogen) atoms. The van der Waals surface area contributed by atoms with E-state index in [-0.39, 0.29) is 17.2 Å². The van der Waals surface area contributed by atoms with Gasteiger partial charge < -0.3 is 9.64 Å². The van der Waals surface area contributed by atoms with Crippen LogP contribution in [-0.4, -0.2) is 36.1 Å². The lowest BCUT2D eigenvalue weighted by Crippen LogP contribution is -2.43. The number of anilines is 1. The lowest BCUT2D eigenvalue weighted by Gasteiger charge is -2.35. The molecule has 2 heterocycles. The van der Waals surface area contributed by atoms with E-state index < -0.39 is 0 Å². The molecule has 0 aromatic carbocycles. The normalized spacial score (nSPS) is 23.8. The third kappa shape index (κ3) is 2.90. The predicted octanol–water partition coefficient (Wildman–Crippen LogP) is 1.77. The van der Waals surface area contributed by atoms with Crippen molar-refractivity contribution in [2.75, 3.05) is 25.1 Å². The smallest absolute Gasteiger partial charge is 0.310 e. The predicted molar refractivity (Wildman–Crippen MR) is 68.5 cm³/mol. The van der Waals surface area contributed by atoms with Crippen LogP contribution in [0.4, 0.5) is 5.82 Å². The van der Waals surface area contributed by atoms with Crippen molar-refractivity contribution in [1.29, 1.82) is 0 Å². The van der Waals surface area contributed by atoms with Gasteiger partial charge in [0, 0.05) is 19.3 Å². The number of nitrogens with zero attached hydrogens (tertiary/aromatic N) is 3. The Labute approximate surface area is 111 Å². The molecule has 0 spiro atoms. The van der Waals surface area contributed by atoms with E-state index in [1.807, 2.05) is 0 Å². The molecule has 6 heteroatoms. The maximum Gasteiger partial charge on any atom is 0.310 e. The second kappa shape index (κ2) is 5.52. The number of methoxy groups -OCH3 is 1. The number of rotatable bonds is 2. The molecule has 1 aliphatic rings. The lowest BCUT2D eigenvalue weighted by molar-refractivity contribution is -0.146. The topological polar surface area (TPSA) is 55.3 Å². The molecular weight excluding hydrogens is 254 g/mol. The second-order valence-electron chi connectivity index (χ2n) is 4.65. The molecule has 2 rings (SSSR count). The van der Waals surface area contributed by atoms with Gasteiger partial charge in [-0.05, 0) is 30.0 Å². The zero-order valence-corrected chi connectivity index (χ0v) is 11.2. The summed E-state index contributed by atoms with van der Waals surface area (Å²) in [6.07, 6.45) is 2.47. The second-order valence-corrected chi connectivity index (χ2v) is 4.99. The van der Waals surface area contributed by atoms with Crippen LogP contribution in [0.3, 0.4) is 0 Å². The van der Waals surface area contributed by atoms with E-state index in [4.69, 9.17) is 16.3 Å². The Kier molecular flexibility index (Phi) is 4.01. The number of piperidine rings is 1. The summed E-state index contributed by atoms with van der Waals surface area (Å²) in [4.78, 5) is 21.7. The monoisotopic (exact) mass is 269 g/mol. The summed E-state index contributed by atoms with van der Waals surface area (Å²) >= 11 is 5.79. The molecule has 2 atom stereocenters. The first-order valence-corrected chi connectivity index (χ1v) is 6.29. The zero-order chi connectivity index (χ0) is 13.1. The molecular formula is C12H16ClN3O2. The maximum atomic E-state index is 11.6. The molecule has 1 aliphatic heterocycles. The highest BCUT2D eigenvalue weighted by Crippen LogP contribution is 2.26. The number of esters is 1. The summed E-state index contributed by atoms with van der Waals surface area (Å²) in [5.74, 6) is 0.909. The third-order valence-electron chi connectivity index (χ3n) is 3.13. The van der Waals surface area contributed by atoms with Gasteiger partial charge in [0.1, 0.15) is 5.82 Å². The van der Waals surface area contributed by atoms with Gasteiger partial charge in [0.2, 0.25) is 5.28 Å². The Balaban J connectivity index is 2.15. The van der Waals surface area contributed by atoms with Crippen LogP contribution in [0.1, 0.15) is 13.3 Å². The number of carbonyl (C=O) groups excluding carboxylic acids is 1. The first-order valence-electron chi connectivity index (χ1n) is 5.91. The molecule has 1 fully saturated rings. The molecule has 0 aliphatic carbocycles. The van der Waals surface area contributed by atoms with Crippen molar-refractivity contribution in [1.82, 2.24) is 9.97 Å². The maximum absolute atomic E-state index is 11.6. The molecule has 0 radical (unpaired) electrons. The minimum absolute atomic E-state index is 0.104. The third-order valence-corrected chi connectivity index (χ3v) is 3.31. The van der Waals surface area contributed by atoms with Crippen molar-refractivity contribution in [3.63, 3.8) is 0 Å². The average Bonchev–Trinajstić information content (AvgIpc) is 2.37. The van der Waals surface area contributed by atoms with E-state index in [0.29, 0.717) is 12.5 Å². The highest BCUT2D eigenvalue weighted by atomic mass is 35.5. The molecule has 0 bridgehead atoms. The van der Waals surface area contributed by atoms with E-state index in [0.717, 1.165) is 18.8 Å². The molecule has 0 N–H and O–H groups in total. The number of ether oxygens (including phenoxy) is 1. The van der Waals surface area contributed by atoms with Gasteiger partial charge in [-0.25, -0.2) is 9.97 Å². The Morgan fingerprint density at radius 1 is 1.56 bits per heavy atom. The number of halogens is 1. The van der Waals surface area contributed by atoms with Crippen molar-refractivity contribution >= 4 is 23.4 Å². The van der Waals surface area contributed by atoms with Crippen molar-refractivity contribution in [3.8, 4) is 0 Å². The Morgan fingerprint density at radius 3 is 3.00 bits per heavy atom. The van der Waals surface area contributed by atoms with Crippen LogP contribution in [0, 0.1) is 11.8 Å². The van der Waals surface area contributed by atoms with E-state index in [1.165, 1.54) is 7.11 Å². The van der Waals surface area contributed by atoms with Crippen LogP contribution in [-0.2, 0) is 9.53 Å². The Bertz CT molecular complexity index is 441. The number of hydrogen-bond acceptors (Lipinski definition) is 5. The van der Waals surface area contributed by atoms with Crippen molar-refractivity contribution in [2.45, 2.75) is 13.3 Å². The first-order chi connectivity index (χ1) is 8.60. The molecule has 0 saturated carbocycles. The average molecular weight is 270 g/mol. The zero-order valence-electron chi connectivity index (χ0n) is 10.5. The molecule has 1 aromatic heterocycles. The summed E-state index contributed by atoms with van der Waals surface area (Å²) in [5, 5.41) is 0.223. The summed E-state index contributed by atoms with van der Waals surface area (Å²) in [7, 11) is 1.42. The fraction of sp³-hybridized carbons (Fsp3) is 0.583. The van der Waals surface area contributed by atoms with Crippen LogP contribution in [0.5, 0.6) is 0 Å². The molecule has 1 unspecified atom stereocenters. The molecule has 0 amide bonds. The SMILES string of the molecule is COC(=O)[C@H]1CC(C)CN(c2ccnc(Cl)n2)C1. The molecule has 1 aromatic rings. The van der Waals surface area contributed by atoms with Crippen molar-refractivity contribution in [2.24, 2.45) is 11.8 Å². The fourth-order valence-corrected chi connectivity index (χ4v) is 2.52. The minimum atomic E-state index is -0.160. The van der Waals surface area contributed by atoms with E-state index in [9.17, 15) is 4.79 Å².